The van der Waals surface area contributed by atoms with E-state index in [1.165, 1.54) is 6.42 Å². The van der Waals surface area contributed by atoms with Gasteiger partial charge in [0.15, 0.2) is 0 Å². The molecule has 0 bridgehead atoms. The predicted octanol–water partition coefficient (Wildman–Crippen LogP) is 2.22. The summed E-state index contributed by atoms with van der Waals surface area (Å²) in [5.41, 5.74) is 0. The van der Waals surface area contributed by atoms with Crippen molar-refractivity contribution in [1.29, 1.82) is 0 Å². The molecule has 0 aromatic rings. The molecular weight excluding hydrogens is 190 g/mol. The van der Waals surface area contributed by atoms with Crippen molar-refractivity contribution < 1.29 is 9.90 Å². The van der Waals surface area contributed by atoms with E-state index in [9.17, 15) is 4.79 Å². The maximum atomic E-state index is 11.1. The van der Waals surface area contributed by atoms with Gasteiger partial charge in [0.05, 0.1) is 0 Å². The third-order valence-corrected chi connectivity index (χ3v) is 3.28. The molecule has 1 saturated heterocycles. The number of rotatable bonds is 5. The van der Waals surface area contributed by atoms with E-state index in [0.29, 0.717) is 11.8 Å². The van der Waals surface area contributed by atoms with Gasteiger partial charge in [-0.15, -0.1) is 0 Å². The van der Waals surface area contributed by atoms with Crippen molar-refractivity contribution in [2.24, 2.45) is 11.8 Å². The molecule has 0 aromatic carbocycles. The lowest BCUT2D eigenvalue weighted by molar-refractivity contribution is -0.143. The number of carboxylic acid groups (broad SMARTS) is 1. The highest BCUT2D eigenvalue weighted by Gasteiger charge is 2.35. The number of hydrogen-bond acceptors (Lipinski definition) is 2. The minimum atomic E-state index is -0.649. The number of aliphatic carboxylic acids is 1. The number of likely N-dealkylation sites (tertiary alicyclic amines) is 1. The summed E-state index contributed by atoms with van der Waals surface area (Å²) in [7, 11) is 0. The number of carboxylic acids is 1. The van der Waals surface area contributed by atoms with Gasteiger partial charge in [-0.3, -0.25) is 9.69 Å². The second kappa shape index (κ2) is 5.50. The van der Waals surface area contributed by atoms with Gasteiger partial charge in [-0.25, -0.2) is 0 Å². The van der Waals surface area contributed by atoms with E-state index in [1.807, 2.05) is 6.92 Å². The number of nitrogens with zero attached hydrogens (tertiary/aromatic N) is 1. The molecule has 0 amide bonds. The van der Waals surface area contributed by atoms with E-state index < -0.39 is 5.97 Å². The molecule has 3 heteroatoms. The summed E-state index contributed by atoms with van der Waals surface area (Å²) < 4.78 is 0. The van der Waals surface area contributed by atoms with Crippen LogP contribution in [0.4, 0.5) is 0 Å². The summed E-state index contributed by atoms with van der Waals surface area (Å²) in [4.78, 5) is 13.2. The smallest absolute Gasteiger partial charge is 0.321 e. The summed E-state index contributed by atoms with van der Waals surface area (Å²) in [5.74, 6) is 0.374. The standard InChI is InChI=1S/C12H23NO2/c1-9(2)5-4-7-13-8-6-10(3)11(13)12(14)15/h9-11H,4-8H2,1-3H3,(H,14,15). The molecule has 88 valence electrons. The highest BCUT2D eigenvalue weighted by molar-refractivity contribution is 5.74. The van der Waals surface area contributed by atoms with Gasteiger partial charge in [-0.05, 0) is 44.2 Å². The summed E-state index contributed by atoms with van der Waals surface area (Å²) >= 11 is 0. The van der Waals surface area contributed by atoms with Gasteiger partial charge < -0.3 is 5.11 Å². The monoisotopic (exact) mass is 213 g/mol. The van der Waals surface area contributed by atoms with Crippen molar-refractivity contribution in [3.05, 3.63) is 0 Å². The number of hydrogen-bond donors (Lipinski definition) is 1. The molecule has 0 radical (unpaired) electrons. The average molecular weight is 213 g/mol. The Morgan fingerprint density at radius 2 is 2.20 bits per heavy atom. The molecule has 1 N–H and O–H groups in total. The zero-order chi connectivity index (χ0) is 11.4. The number of carbonyl (C=O) groups is 1. The van der Waals surface area contributed by atoms with E-state index in [4.69, 9.17) is 5.11 Å². The molecule has 1 heterocycles. The maximum absolute atomic E-state index is 11.1. The summed E-state index contributed by atoms with van der Waals surface area (Å²) in [6.45, 7) is 8.36. The van der Waals surface area contributed by atoms with Gasteiger partial charge in [-0.2, -0.15) is 0 Å². The lowest BCUT2D eigenvalue weighted by atomic mass is 10.0. The molecule has 0 spiro atoms. The van der Waals surface area contributed by atoms with Crippen LogP contribution in [0.2, 0.25) is 0 Å². The minimum absolute atomic E-state index is 0.239. The van der Waals surface area contributed by atoms with Crippen LogP contribution >= 0.6 is 0 Å². The normalized spacial score (nSPS) is 27.5. The molecule has 2 unspecified atom stereocenters. The molecule has 15 heavy (non-hydrogen) atoms. The van der Waals surface area contributed by atoms with E-state index >= 15 is 0 Å². The second-order valence-corrected chi connectivity index (χ2v) is 5.12. The van der Waals surface area contributed by atoms with E-state index in [1.54, 1.807) is 0 Å². The van der Waals surface area contributed by atoms with Gasteiger partial charge in [-0.1, -0.05) is 20.8 Å². The third kappa shape index (κ3) is 3.49. The van der Waals surface area contributed by atoms with Gasteiger partial charge >= 0.3 is 5.97 Å². The Kier molecular flexibility index (Phi) is 4.58. The van der Waals surface area contributed by atoms with E-state index in [2.05, 4.69) is 18.7 Å². The average Bonchev–Trinajstić information content (AvgIpc) is 2.46. The highest BCUT2D eigenvalue weighted by atomic mass is 16.4. The predicted molar refractivity (Wildman–Crippen MR) is 60.8 cm³/mol. The first-order valence-corrected chi connectivity index (χ1v) is 5.99. The molecule has 0 saturated carbocycles. The van der Waals surface area contributed by atoms with Crippen LogP contribution in [0.1, 0.15) is 40.0 Å². The van der Waals surface area contributed by atoms with Gasteiger partial charge in [0.2, 0.25) is 0 Å². The summed E-state index contributed by atoms with van der Waals surface area (Å²) in [6, 6.07) is -0.239. The van der Waals surface area contributed by atoms with Crippen LogP contribution in [0.3, 0.4) is 0 Å². The summed E-state index contributed by atoms with van der Waals surface area (Å²) in [6.07, 6.45) is 3.34. The molecule has 0 aliphatic carbocycles. The van der Waals surface area contributed by atoms with Crippen LogP contribution in [0.25, 0.3) is 0 Å². The quantitative estimate of drug-likeness (QED) is 0.761. The van der Waals surface area contributed by atoms with Crippen LogP contribution in [-0.2, 0) is 4.79 Å². The fraction of sp³-hybridized carbons (Fsp3) is 0.917. The van der Waals surface area contributed by atoms with Gasteiger partial charge in [0, 0.05) is 0 Å². The molecule has 1 fully saturated rings. The molecule has 1 aliphatic rings. The Labute approximate surface area is 92.5 Å². The van der Waals surface area contributed by atoms with Crippen molar-refractivity contribution >= 4 is 5.97 Å². The fourth-order valence-electron chi connectivity index (χ4n) is 2.38. The topological polar surface area (TPSA) is 40.5 Å². The van der Waals surface area contributed by atoms with Crippen molar-refractivity contribution in [2.45, 2.75) is 46.1 Å². The van der Waals surface area contributed by atoms with Crippen molar-refractivity contribution in [2.75, 3.05) is 13.1 Å². The zero-order valence-electron chi connectivity index (χ0n) is 10.1. The molecule has 1 aliphatic heterocycles. The van der Waals surface area contributed by atoms with Crippen molar-refractivity contribution in [3.63, 3.8) is 0 Å². The molecule has 0 aromatic heterocycles. The minimum Gasteiger partial charge on any atom is -0.480 e. The first-order valence-electron chi connectivity index (χ1n) is 5.99. The second-order valence-electron chi connectivity index (χ2n) is 5.12. The molecular formula is C12H23NO2. The van der Waals surface area contributed by atoms with Crippen LogP contribution in [0, 0.1) is 11.8 Å². The maximum Gasteiger partial charge on any atom is 0.321 e. The van der Waals surface area contributed by atoms with Crippen LogP contribution in [-0.4, -0.2) is 35.1 Å². The van der Waals surface area contributed by atoms with E-state index in [-0.39, 0.29) is 6.04 Å². The molecule has 3 nitrogen and oxygen atoms in total. The third-order valence-electron chi connectivity index (χ3n) is 3.28. The van der Waals surface area contributed by atoms with E-state index in [0.717, 1.165) is 25.9 Å². The lowest BCUT2D eigenvalue weighted by Gasteiger charge is -2.23. The lowest BCUT2D eigenvalue weighted by Crippen LogP contribution is -2.39. The largest absolute Gasteiger partial charge is 0.480 e. The van der Waals surface area contributed by atoms with Crippen molar-refractivity contribution in [3.8, 4) is 0 Å². The SMILES string of the molecule is CC(C)CCCN1CCC(C)C1C(=O)O. The van der Waals surface area contributed by atoms with Crippen LogP contribution < -0.4 is 0 Å². The van der Waals surface area contributed by atoms with Gasteiger partial charge in [0.1, 0.15) is 6.04 Å². The molecule has 1 rings (SSSR count). The molecule has 2 atom stereocenters. The highest BCUT2D eigenvalue weighted by Crippen LogP contribution is 2.24. The first-order chi connectivity index (χ1) is 7.02. The zero-order valence-corrected chi connectivity index (χ0v) is 10.1. The Morgan fingerprint density at radius 3 is 2.73 bits per heavy atom. The van der Waals surface area contributed by atoms with Crippen LogP contribution in [0.15, 0.2) is 0 Å². The Morgan fingerprint density at radius 1 is 1.53 bits per heavy atom. The first kappa shape index (κ1) is 12.5. The van der Waals surface area contributed by atoms with Gasteiger partial charge in [0.25, 0.3) is 0 Å². The fourth-order valence-corrected chi connectivity index (χ4v) is 2.38. The van der Waals surface area contributed by atoms with Crippen molar-refractivity contribution in [1.82, 2.24) is 4.90 Å². The van der Waals surface area contributed by atoms with Crippen LogP contribution in [0.5, 0.6) is 0 Å². The summed E-state index contributed by atoms with van der Waals surface area (Å²) in [5, 5.41) is 9.12. The Bertz CT molecular complexity index is 216. The Hall–Kier alpha value is -0.570. The Balaban J connectivity index is 2.37.